The minimum absolute atomic E-state index is 0.446. The lowest BCUT2D eigenvalue weighted by Gasteiger charge is -2.07. The Morgan fingerprint density at radius 3 is 2.75 bits per heavy atom. The van der Waals surface area contributed by atoms with Gasteiger partial charge in [0.05, 0.1) is 29.8 Å². The second-order valence-electron chi connectivity index (χ2n) is 4.80. The molecule has 3 nitrogen and oxygen atoms in total. The lowest BCUT2D eigenvalue weighted by atomic mass is 10.1. The van der Waals surface area contributed by atoms with Gasteiger partial charge in [0.25, 0.3) is 0 Å². The summed E-state index contributed by atoms with van der Waals surface area (Å²) in [6.45, 7) is 6.74. The van der Waals surface area contributed by atoms with Gasteiger partial charge in [-0.2, -0.15) is 5.26 Å². The molecule has 1 heterocycles. The molecule has 2 aromatic rings. The van der Waals surface area contributed by atoms with Crippen LogP contribution < -0.4 is 4.74 Å². The highest BCUT2D eigenvalue weighted by molar-refractivity contribution is 7.11. The SMILES string of the molecule is Cc1ccc(OCCc2nc(C)c(CC#N)s2)cc1C. The Labute approximate surface area is 123 Å². The highest BCUT2D eigenvalue weighted by atomic mass is 32.1. The Balaban J connectivity index is 1.91. The highest BCUT2D eigenvalue weighted by Crippen LogP contribution is 2.20. The standard InChI is InChI=1S/C16H18N2OS/c1-11-4-5-14(10-12(11)2)19-9-7-16-18-13(3)15(20-16)6-8-17/h4-5,10H,6-7,9H2,1-3H3. The van der Waals surface area contributed by atoms with Gasteiger partial charge < -0.3 is 4.74 Å². The van der Waals surface area contributed by atoms with Gasteiger partial charge in [0.1, 0.15) is 5.75 Å². The van der Waals surface area contributed by atoms with Crippen molar-refractivity contribution >= 4 is 11.3 Å². The molecule has 0 saturated carbocycles. The lowest BCUT2D eigenvalue weighted by Crippen LogP contribution is -2.01. The molecule has 0 unspecified atom stereocenters. The van der Waals surface area contributed by atoms with Gasteiger partial charge in [0.2, 0.25) is 0 Å². The fourth-order valence-corrected chi connectivity index (χ4v) is 2.87. The summed E-state index contributed by atoms with van der Waals surface area (Å²) in [5.41, 5.74) is 3.48. The molecule has 0 fully saturated rings. The Bertz CT molecular complexity index is 640. The second-order valence-corrected chi connectivity index (χ2v) is 5.96. The van der Waals surface area contributed by atoms with Crippen molar-refractivity contribution in [1.29, 1.82) is 5.26 Å². The van der Waals surface area contributed by atoms with E-state index in [2.05, 4.69) is 37.0 Å². The maximum Gasteiger partial charge on any atom is 0.119 e. The van der Waals surface area contributed by atoms with Crippen LogP contribution >= 0.6 is 11.3 Å². The van der Waals surface area contributed by atoms with Crippen LogP contribution in [0.2, 0.25) is 0 Å². The summed E-state index contributed by atoms with van der Waals surface area (Å²) in [6, 6.07) is 8.30. The van der Waals surface area contributed by atoms with Gasteiger partial charge in [-0.25, -0.2) is 4.98 Å². The van der Waals surface area contributed by atoms with Crippen molar-refractivity contribution in [2.24, 2.45) is 0 Å². The van der Waals surface area contributed by atoms with E-state index in [0.717, 1.165) is 27.7 Å². The zero-order chi connectivity index (χ0) is 14.5. The summed E-state index contributed by atoms with van der Waals surface area (Å²) >= 11 is 1.61. The summed E-state index contributed by atoms with van der Waals surface area (Å²) < 4.78 is 5.76. The van der Waals surface area contributed by atoms with Crippen molar-refractivity contribution in [2.75, 3.05) is 6.61 Å². The van der Waals surface area contributed by atoms with Crippen LogP contribution in [0.5, 0.6) is 5.75 Å². The normalized spacial score (nSPS) is 10.3. The molecule has 0 spiro atoms. The number of thiazole rings is 1. The third-order valence-electron chi connectivity index (χ3n) is 3.24. The third-order valence-corrected chi connectivity index (χ3v) is 4.46. The number of nitriles is 1. The maximum absolute atomic E-state index is 8.73. The van der Waals surface area contributed by atoms with E-state index in [4.69, 9.17) is 10.00 Å². The smallest absolute Gasteiger partial charge is 0.119 e. The molecule has 0 bridgehead atoms. The van der Waals surface area contributed by atoms with Crippen LogP contribution in [-0.4, -0.2) is 11.6 Å². The van der Waals surface area contributed by atoms with E-state index in [9.17, 15) is 0 Å². The van der Waals surface area contributed by atoms with Crippen LogP contribution in [0.25, 0.3) is 0 Å². The minimum Gasteiger partial charge on any atom is -0.493 e. The first-order chi connectivity index (χ1) is 9.60. The van der Waals surface area contributed by atoms with Crippen molar-refractivity contribution in [1.82, 2.24) is 4.98 Å². The molecule has 0 radical (unpaired) electrons. The number of nitrogens with zero attached hydrogens (tertiary/aromatic N) is 2. The van der Waals surface area contributed by atoms with Crippen LogP contribution in [0, 0.1) is 32.1 Å². The molecule has 104 valence electrons. The average molecular weight is 286 g/mol. The largest absolute Gasteiger partial charge is 0.493 e. The number of aromatic nitrogens is 1. The number of rotatable bonds is 5. The molecule has 2 rings (SSSR count). The number of ether oxygens (including phenoxy) is 1. The van der Waals surface area contributed by atoms with Gasteiger partial charge in [0, 0.05) is 11.3 Å². The van der Waals surface area contributed by atoms with E-state index >= 15 is 0 Å². The van der Waals surface area contributed by atoms with Crippen LogP contribution in [0.3, 0.4) is 0 Å². The number of hydrogen-bond donors (Lipinski definition) is 0. The molecule has 1 aromatic carbocycles. The van der Waals surface area contributed by atoms with E-state index in [0.29, 0.717) is 13.0 Å². The quantitative estimate of drug-likeness (QED) is 0.840. The van der Waals surface area contributed by atoms with Gasteiger partial charge >= 0.3 is 0 Å². The Kier molecular flexibility index (Phi) is 4.75. The predicted octanol–water partition coefficient (Wildman–Crippen LogP) is 3.76. The minimum atomic E-state index is 0.446. The first-order valence-corrected chi connectivity index (χ1v) is 7.44. The summed E-state index contributed by atoms with van der Waals surface area (Å²) in [6.07, 6.45) is 1.23. The topological polar surface area (TPSA) is 45.9 Å². The molecule has 0 saturated heterocycles. The van der Waals surface area contributed by atoms with E-state index in [1.165, 1.54) is 11.1 Å². The summed E-state index contributed by atoms with van der Waals surface area (Å²) in [7, 11) is 0. The van der Waals surface area contributed by atoms with Crippen molar-refractivity contribution in [3.05, 3.63) is 44.9 Å². The molecule has 0 atom stereocenters. The van der Waals surface area contributed by atoms with Gasteiger partial charge in [-0.1, -0.05) is 6.07 Å². The number of benzene rings is 1. The molecule has 4 heteroatoms. The van der Waals surface area contributed by atoms with Gasteiger partial charge in [-0.3, -0.25) is 0 Å². The van der Waals surface area contributed by atoms with Crippen LogP contribution in [0.4, 0.5) is 0 Å². The van der Waals surface area contributed by atoms with E-state index in [1.807, 2.05) is 13.0 Å². The van der Waals surface area contributed by atoms with Gasteiger partial charge in [-0.15, -0.1) is 11.3 Å². The van der Waals surface area contributed by atoms with E-state index < -0.39 is 0 Å². The average Bonchev–Trinajstić information content (AvgIpc) is 2.75. The van der Waals surface area contributed by atoms with Gasteiger partial charge in [0.15, 0.2) is 0 Å². The first-order valence-electron chi connectivity index (χ1n) is 6.62. The zero-order valence-corrected chi connectivity index (χ0v) is 12.9. The Hall–Kier alpha value is -1.86. The van der Waals surface area contributed by atoms with Crippen molar-refractivity contribution in [3.63, 3.8) is 0 Å². The molecule has 0 aliphatic heterocycles. The summed E-state index contributed by atoms with van der Waals surface area (Å²) in [5.74, 6) is 0.902. The third kappa shape index (κ3) is 3.58. The molecule has 0 aliphatic carbocycles. The maximum atomic E-state index is 8.73. The summed E-state index contributed by atoms with van der Waals surface area (Å²) in [5, 5.41) is 9.77. The van der Waals surface area contributed by atoms with Crippen molar-refractivity contribution in [2.45, 2.75) is 33.6 Å². The van der Waals surface area contributed by atoms with E-state index in [1.54, 1.807) is 11.3 Å². The van der Waals surface area contributed by atoms with Crippen LogP contribution in [0.15, 0.2) is 18.2 Å². The Morgan fingerprint density at radius 2 is 2.05 bits per heavy atom. The molecule has 20 heavy (non-hydrogen) atoms. The predicted molar refractivity (Wildman–Crippen MR) is 81.3 cm³/mol. The molecular weight excluding hydrogens is 268 g/mol. The van der Waals surface area contributed by atoms with Crippen molar-refractivity contribution < 1.29 is 4.74 Å². The molecule has 0 aliphatic rings. The second kappa shape index (κ2) is 6.53. The van der Waals surface area contributed by atoms with E-state index in [-0.39, 0.29) is 0 Å². The fraction of sp³-hybridized carbons (Fsp3) is 0.375. The van der Waals surface area contributed by atoms with Gasteiger partial charge in [-0.05, 0) is 44.0 Å². The monoisotopic (exact) mass is 286 g/mol. The highest BCUT2D eigenvalue weighted by Gasteiger charge is 2.07. The Morgan fingerprint density at radius 1 is 1.25 bits per heavy atom. The molecule has 1 aromatic heterocycles. The lowest BCUT2D eigenvalue weighted by molar-refractivity contribution is 0.321. The van der Waals surface area contributed by atoms with Crippen LogP contribution in [-0.2, 0) is 12.8 Å². The molecule has 0 N–H and O–H groups in total. The zero-order valence-electron chi connectivity index (χ0n) is 12.1. The summed E-state index contributed by atoms with van der Waals surface area (Å²) in [4.78, 5) is 5.54. The number of aryl methyl sites for hydroxylation is 3. The first kappa shape index (κ1) is 14.5. The number of hydrogen-bond acceptors (Lipinski definition) is 4. The van der Waals surface area contributed by atoms with Crippen molar-refractivity contribution in [3.8, 4) is 11.8 Å². The molecule has 0 amide bonds. The fourth-order valence-electron chi connectivity index (χ4n) is 1.89. The van der Waals surface area contributed by atoms with Crippen LogP contribution in [0.1, 0.15) is 26.7 Å². The molecular formula is C16H18N2OS.